The Labute approximate surface area is 114 Å². The molecule has 0 saturated carbocycles. The van der Waals surface area contributed by atoms with Gasteiger partial charge < -0.3 is 5.11 Å². The highest BCUT2D eigenvalue weighted by Gasteiger charge is 2.09. The van der Waals surface area contributed by atoms with Crippen LogP contribution in [-0.4, -0.2) is 14.9 Å². The summed E-state index contributed by atoms with van der Waals surface area (Å²) in [4.78, 5) is 0. The van der Waals surface area contributed by atoms with Crippen LogP contribution >= 0.6 is 0 Å². The third-order valence-electron chi connectivity index (χ3n) is 3.28. The molecule has 0 amide bonds. The summed E-state index contributed by atoms with van der Waals surface area (Å²) in [5.74, 6) is 0. The second kappa shape index (κ2) is 7.10. The van der Waals surface area contributed by atoms with Crippen LogP contribution in [-0.2, 0) is 13.0 Å². The Bertz CT molecular complexity index is 479. The number of rotatable bonds is 7. The highest BCUT2D eigenvalue weighted by atomic mass is 16.3. The molecule has 0 saturated heterocycles. The van der Waals surface area contributed by atoms with Gasteiger partial charge in [0.25, 0.3) is 0 Å². The van der Waals surface area contributed by atoms with Crippen LogP contribution in [0.15, 0.2) is 42.7 Å². The molecule has 0 bridgehead atoms. The summed E-state index contributed by atoms with van der Waals surface area (Å²) in [6.45, 7) is 3.04. The molecule has 0 radical (unpaired) electrons. The first-order chi connectivity index (χ1) is 9.29. The van der Waals surface area contributed by atoms with E-state index < -0.39 is 6.10 Å². The van der Waals surface area contributed by atoms with Crippen molar-refractivity contribution in [3.05, 3.63) is 53.9 Å². The lowest BCUT2D eigenvalue weighted by Crippen LogP contribution is -1.98. The monoisotopic (exact) mass is 258 g/mol. The third-order valence-corrected chi connectivity index (χ3v) is 3.28. The predicted molar refractivity (Wildman–Crippen MR) is 76.9 cm³/mol. The van der Waals surface area contributed by atoms with Gasteiger partial charge in [-0.15, -0.1) is 0 Å². The molecule has 19 heavy (non-hydrogen) atoms. The van der Waals surface area contributed by atoms with Crippen molar-refractivity contribution in [2.75, 3.05) is 0 Å². The standard InChI is InChI=1S/C16H22N2O/c1-2-11-18-13-15(12-17-18)16(19)10-6-9-14-7-4-3-5-8-14/h3-5,7-8,12-13,16,19H,2,6,9-11H2,1H3. The van der Waals surface area contributed by atoms with Crippen LogP contribution in [0.4, 0.5) is 0 Å². The Morgan fingerprint density at radius 1 is 1.26 bits per heavy atom. The molecule has 1 N–H and O–H groups in total. The van der Waals surface area contributed by atoms with Crippen LogP contribution in [0.2, 0.25) is 0 Å². The lowest BCUT2D eigenvalue weighted by Gasteiger charge is -2.08. The average Bonchev–Trinajstić information content (AvgIpc) is 2.89. The molecular formula is C16H22N2O. The SMILES string of the molecule is CCCn1cc(C(O)CCCc2ccccc2)cn1. The van der Waals surface area contributed by atoms with Gasteiger partial charge in [0.2, 0.25) is 0 Å². The maximum Gasteiger partial charge on any atom is 0.0820 e. The zero-order valence-corrected chi connectivity index (χ0v) is 11.5. The lowest BCUT2D eigenvalue weighted by molar-refractivity contribution is 0.164. The second-order valence-corrected chi connectivity index (χ2v) is 4.93. The van der Waals surface area contributed by atoms with Crippen molar-refractivity contribution >= 4 is 0 Å². The molecular weight excluding hydrogens is 236 g/mol. The number of aliphatic hydroxyl groups is 1. The van der Waals surface area contributed by atoms with Gasteiger partial charge in [0.05, 0.1) is 12.3 Å². The Kier molecular flexibility index (Phi) is 5.16. The highest BCUT2D eigenvalue weighted by molar-refractivity contribution is 5.15. The van der Waals surface area contributed by atoms with Crippen molar-refractivity contribution in [1.82, 2.24) is 9.78 Å². The number of aryl methyl sites for hydroxylation is 2. The molecule has 102 valence electrons. The van der Waals surface area contributed by atoms with Gasteiger partial charge in [-0.2, -0.15) is 5.10 Å². The molecule has 0 aliphatic rings. The van der Waals surface area contributed by atoms with Crippen LogP contribution in [0.5, 0.6) is 0 Å². The Morgan fingerprint density at radius 2 is 2.05 bits per heavy atom. The molecule has 1 heterocycles. The number of nitrogens with zero attached hydrogens (tertiary/aromatic N) is 2. The molecule has 1 unspecified atom stereocenters. The molecule has 3 heteroatoms. The fraction of sp³-hybridized carbons (Fsp3) is 0.438. The Balaban J connectivity index is 1.78. The first-order valence-corrected chi connectivity index (χ1v) is 7.04. The molecule has 2 aromatic rings. The average molecular weight is 258 g/mol. The Morgan fingerprint density at radius 3 is 2.79 bits per heavy atom. The lowest BCUT2D eigenvalue weighted by atomic mass is 10.0. The fourth-order valence-corrected chi connectivity index (χ4v) is 2.21. The molecule has 1 aromatic carbocycles. The van der Waals surface area contributed by atoms with Crippen molar-refractivity contribution in [3.63, 3.8) is 0 Å². The van der Waals surface area contributed by atoms with Gasteiger partial charge >= 0.3 is 0 Å². The first-order valence-electron chi connectivity index (χ1n) is 7.04. The van der Waals surface area contributed by atoms with Crippen molar-refractivity contribution in [2.45, 2.75) is 45.3 Å². The molecule has 0 fully saturated rings. The minimum atomic E-state index is -0.394. The number of aliphatic hydroxyl groups excluding tert-OH is 1. The maximum absolute atomic E-state index is 10.1. The maximum atomic E-state index is 10.1. The second-order valence-electron chi connectivity index (χ2n) is 4.93. The zero-order chi connectivity index (χ0) is 13.5. The van der Waals surface area contributed by atoms with E-state index in [1.165, 1.54) is 5.56 Å². The van der Waals surface area contributed by atoms with Gasteiger partial charge in [-0.05, 0) is 31.2 Å². The van der Waals surface area contributed by atoms with Crippen LogP contribution in [0.25, 0.3) is 0 Å². The van der Waals surface area contributed by atoms with E-state index in [1.54, 1.807) is 6.20 Å². The van der Waals surface area contributed by atoms with Crippen LogP contribution in [0.3, 0.4) is 0 Å². The fourth-order valence-electron chi connectivity index (χ4n) is 2.21. The van der Waals surface area contributed by atoms with E-state index in [0.29, 0.717) is 0 Å². The van der Waals surface area contributed by atoms with Gasteiger partial charge in [0.15, 0.2) is 0 Å². The summed E-state index contributed by atoms with van der Waals surface area (Å²) in [5.41, 5.74) is 2.26. The molecule has 1 aromatic heterocycles. The third kappa shape index (κ3) is 4.21. The normalized spacial score (nSPS) is 12.5. The van der Waals surface area contributed by atoms with Crippen LogP contribution in [0.1, 0.15) is 43.4 Å². The van der Waals surface area contributed by atoms with Crippen molar-refractivity contribution in [1.29, 1.82) is 0 Å². The van der Waals surface area contributed by atoms with E-state index in [9.17, 15) is 5.11 Å². The van der Waals surface area contributed by atoms with Crippen molar-refractivity contribution in [2.24, 2.45) is 0 Å². The largest absolute Gasteiger partial charge is 0.388 e. The molecule has 1 atom stereocenters. The molecule has 3 nitrogen and oxygen atoms in total. The summed E-state index contributed by atoms with van der Waals surface area (Å²) < 4.78 is 1.90. The molecule has 2 rings (SSSR count). The van der Waals surface area contributed by atoms with Crippen LogP contribution in [0, 0.1) is 0 Å². The topological polar surface area (TPSA) is 38.0 Å². The van der Waals surface area contributed by atoms with E-state index in [-0.39, 0.29) is 0 Å². The molecule has 0 aliphatic heterocycles. The zero-order valence-electron chi connectivity index (χ0n) is 11.5. The number of aromatic nitrogens is 2. The van der Waals surface area contributed by atoms with Gasteiger partial charge in [0, 0.05) is 18.3 Å². The smallest absolute Gasteiger partial charge is 0.0820 e. The van der Waals surface area contributed by atoms with Gasteiger partial charge in [-0.3, -0.25) is 4.68 Å². The summed E-state index contributed by atoms with van der Waals surface area (Å²) >= 11 is 0. The summed E-state index contributed by atoms with van der Waals surface area (Å²) in [7, 11) is 0. The van der Waals surface area contributed by atoms with Gasteiger partial charge in [-0.1, -0.05) is 37.3 Å². The number of hydrogen-bond acceptors (Lipinski definition) is 2. The van der Waals surface area contributed by atoms with Gasteiger partial charge in [-0.25, -0.2) is 0 Å². The number of benzene rings is 1. The van der Waals surface area contributed by atoms with E-state index in [4.69, 9.17) is 0 Å². The quantitative estimate of drug-likeness (QED) is 0.827. The van der Waals surface area contributed by atoms with Gasteiger partial charge in [0.1, 0.15) is 0 Å². The van der Waals surface area contributed by atoms with E-state index in [2.05, 4.69) is 36.3 Å². The Hall–Kier alpha value is -1.61. The predicted octanol–water partition coefficient (Wildman–Crippen LogP) is 3.35. The van der Waals surface area contributed by atoms with Crippen molar-refractivity contribution < 1.29 is 5.11 Å². The van der Waals surface area contributed by atoms with Crippen LogP contribution < -0.4 is 0 Å². The minimum Gasteiger partial charge on any atom is -0.388 e. The summed E-state index contributed by atoms with van der Waals surface area (Å²) in [5, 5.41) is 14.4. The van der Waals surface area contributed by atoms with Crippen molar-refractivity contribution in [3.8, 4) is 0 Å². The summed E-state index contributed by atoms with van der Waals surface area (Å²) in [6.07, 6.45) is 7.19. The van der Waals surface area contributed by atoms with E-state index in [1.807, 2.05) is 16.9 Å². The van der Waals surface area contributed by atoms with E-state index >= 15 is 0 Å². The highest BCUT2D eigenvalue weighted by Crippen LogP contribution is 2.19. The van der Waals surface area contributed by atoms with E-state index in [0.717, 1.165) is 37.8 Å². The summed E-state index contributed by atoms with van der Waals surface area (Å²) in [6, 6.07) is 10.4. The molecule has 0 spiro atoms. The first kappa shape index (κ1) is 13.8. The minimum absolute atomic E-state index is 0.394. The molecule has 0 aliphatic carbocycles. The number of hydrogen-bond donors (Lipinski definition) is 1.